The van der Waals surface area contributed by atoms with Gasteiger partial charge in [0, 0.05) is 18.7 Å². The van der Waals surface area contributed by atoms with E-state index in [1.807, 2.05) is 13.1 Å². The molecule has 1 heterocycles. The van der Waals surface area contributed by atoms with Gasteiger partial charge >= 0.3 is 0 Å². The van der Waals surface area contributed by atoms with E-state index in [1.54, 1.807) is 0 Å². The molecule has 0 saturated carbocycles. The molecule has 0 spiro atoms. The van der Waals surface area contributed by atoms with E-state index >= 15 is 0 Å². The molecule has 1 aromatic carbocycles. The van der Waals surface area contributed by atoms with Crippen LogP contribution in [-0.2, 0) is 13.0 Å². The lowest BCUT2D eigenvalue weighted by Gasteiger charge is -2.30. The lowest BCUT2D eigenvalue weighted by atomic mass is 9.77. The van der Waals surface area contributed by atoms with Gasteiger partial charge in [0.15, 0.2) is 5.95 Å². The summed E-state index contributed by atoms with van der Waals surface area (Å²) in [4.78, 5) is 4.22. The Kier molecular flexibility index (Phi) is 1.99. The Balaban J connectivity index is 1.82. The fourth-order valence-electron chi connectivity index (χ4n) is 2.47. The Morgan fingerprint density at radius 1 is 1.44 bits per heavy atom. The Morgan fingerprint density at radius 2 is 2.25 bits per heavy atom. The maximum absolute atomic E-state index is 5.84. The number of nitrogen functional groups attached to an aromatic ring is 1. The van der Waals surface area contributed by atoms with Gasteiger partial charge in [-0.2, -0.15) is 0 Å². The first-order chi connectivity index (χ1) is 7.74. The van der Waals surface area contributed by atoms with Crippen LogP contribution in [0.5, 0.6) is 0 Å². The molecule has 1 unspecified atom stereocenters. The SMILES string of the molecule is Cc1cn(CC2Cc3ccccc32)c(N)n1. The average Bonchev–Trinajstić information content (AvgIpc) is 2.54. The van der Waals surface area contributed by atoms with Crippen LogP contribution in [0.2, 0.25) is 0 Å². The van der Waals surface area contributed by atoms with E-state index in [0.717, 1.165) is 18.7 Å². The van der Waals surface area contributed by atoms with E-state index < -0.39 is 0 Å². The van der Waals surface area contributed by atoms with E-state index in [1.165, 1.54) is 11.1 Å². The van der Waals surface area contributed by atoms with Crippen molar-refractivity contribution in [3.8, 4) is 0 Å². The van der Waals surface area contributed by atoms with Crippen LogP contribution in [0.1, 0.15) is 22.7 Å². The number of fused-ring (bicyclic) bond motifs is 1. The van der Waals surface area contributed by atoms with E-state index in [2.05, 4.69) is 33.8 Å². The highest BCUT2D eigenvalue weighted by Gasteiger charge is 2.25. The minimum absolute atomic E-state index is 0.604. The Morgan fingerprint density at radius 3 is 2.94 bits per heavy atom. The molecular weight excluding hydrogens is 198 g/mol. The molecule has 1 aromatic heterocycles. The zero-order valence-corrected chi connectivity index (χ0v) is 9.35. The van der Waals surface area contributed by atoms with Crippen LogP contribution in [0.15, 0.2) is 30.5 Å². The highest BCUT2D eigenvalue weighted by molar-refractivity contribution is 5.40. The molecular formula is C13H15N3. The van der Waals surface area contributed by atoms with Crippen molar-refractivity contribution >= 4 is 5.95 Å². The Hall–Kier alpha value is -1.77. The van der Waals surface area contributed by atoms with Crippen LogP contribution >= 0.6 is 0 Å². The van der Waals surface area contributed by atoms with Gasteiger partial charge in [0.05, 0.1) is 5.69 Å². The first-order valence-electron chi connectivity index (χ1n) is 5.61. The summed E-state index contributed by atoms with van der Waals surface area (Å²) in [6.45, 7) is 2.92. The maximum Gasteiger partial charge on any atom is 0.200 e. The normalized spacial score (nSPS) is 17.9. The zero-order valence-electron chi connectivity index (χ0n) is 9.35. The van der Waals surface area contributed by atoms with Crippen LogP contribution in [0.4, 0.5) is 5.95 Å². The van der Waals surface area contributed by atoms with Gasteiger partial charge in [-0.25, -0.2) is 4.98 Å². The smallest absolute Gasteiger partial charge is 0.200 e. The first kappa shape index (κ1) is 9.46. The van der Waals surface area contributed by atoms with Crippen molar-refractivity contribution in [1.82, 2.24) is 9.55 Å². The molecule has 82 valence electrons. The number of benzene rings is 1. The van der Waals surface area contributed by atoms with Crippen LogP contribution < -0.4 is 5.73 Å². The topological polar surface area (TPSA) is 43.8 Å². The van der Waals surface area contributed by atoms with Gasteiger partial charge in [0.1, 0.15) is 0 Å². The summed E-state index contributed by atoms with van der Waals surface area (Å²) in [5.74, 6) is 1.23. The van der Waals surface area contributed by atoms with Crippen LogP contribution in [-0.4, -0.2) is 9.55 Å². The molecule has 1 aliphatic carbocycles. The molecule has 0 aliphatic heterocycles. The second-order valence-corrected chi connectivity index (χ2v) is 4.49. The van der Waals surface area contributed by atoms with Crippen molar-refractivity contribution in [3.05, 3.63) is 47.3 Å². The summed E-state index contributed by atoms with van der Waals surface area (Å²) < 4.78 is 2.05. The number of aromatic nitrogens is 2. The van der Waals surface area contributed by atoms with Gasteiger partial charge in [0.2, 0.25) is 0 Å². The second-order valence-electron chi connectivity index (χ2n) is 4.49. The van der Waals surface area contributed by atoms with Crippen molar-refractivity contribution < 1.29 is 0 Å². The third kappa shape index (κ3) is 1.40. The van der Waals surface area contributed by atoms with E-state index in [0.29, 0.717) is 11.9 Å². The quantitative estimate of drug-likeness (QED) is 0.830. The largest absolute Gasteiger partial charge is 0.369 e. The number of nitrogens with two attached hydrogens (primary N) is 1. The predicted molar refractivity (Wildman–Crippen MR) is 64.3 cm³/mol. The summed E-state index contributed by atoms with van der Waals surface area (Å²) in [6.07, 6.45) is 3.18. The van der Waals surface area contributed by atoms with Crippen molar-refractivity contribution in [2.75, 3.05) is 5.73 Å². The third-order valence-electron chi connectivity index (χ3n) is 3.31. The number of hydrogen-bond donors (Lipinski definition) is 1. The molecule has 1 atom stereocenters. The summed E-state index contributed by atoms with van der Waals surface area (Å²) in [6, 6.07) is 8.62. The van der Waals surface area contributed by atoms with Crippen LogP contribution in [0.3, 0.4) is 0 Å². The Bertz CT molecular complexity index is 528. The molecule has 3 nitrogen and oxygen atoms in total. The molecule has 2 N–H and O–H groups in total. The van der Waals surface area contributed by atoms with Crippen molar-refractivity contribution in [3.63, 3.8) is 0 Å². The number of aryl methyl sites for hydroxylation is 1. The predicted octanol–water partition coefficient (Wildman–Crippen LogP) is 2.11. The molecule has 3 heteroatoms. The average molecular weight is 213 g/mol. The minimum Gasteiger partial charge on any atom is -0.369 e. The second kappa shape index (κ2) is 3.37. The fourth-order valence-corrected chi connectivity index (χ4v) is 2.47. The summed E-state index contributed by atoms with van der Waals surface area (Å²) in [5.41, 5.74) is 9.77. The number of rotatable bonds is 2. The van der Waals surface area contributed by atoms with E-state index in [4.69, 9.17) is 5.73 Å². The maximum atomic E-state index is 5.84. The highest BCUT2D eigenvalue weighted by Crippen LogP contribution is 2.36. The monoisotopic (exact) mass is 213 g/mol. The van der Waals surface area contributed by atoms with Crippen molar-refractivity contribution in [1.29, 1.82) is 0 Å². The standard InChI is InChI=1S/C13H15N3/c1-9-7-16(13(14)15-9)8-11-6-10-4-2-3-5-12(10)11/h2-5,7,11H,6,8H2,1H3,(H2,14,15). The summed E-state index contributed by atoms with van der Waals surface area (Å²) in [5, 5.41) is 0. The Labute approximate surface area is 94.9 Å². The molecule has 0 bridgehead atoms. The molecule has 3 rings (SSSR count). The van der Waals surface area contributed by atoms with Gasteiger partial charge in [-0.1, -0.05) is 24.3 Å². The van der Waals surface area contributed by atoms with Crippen molar-refractivity contribution in [2.45, 2.75) is 25.8 Å². The number of anilines is 1. The lowest BCUT2D eigenvalue weighted by molar-refractivity contribution is 0.512. The number of imidazole rings is 1. The molecule has 16 heavy (non-hydrogen) atoms. The van der Waals surface area contributed by atoms with Crippen LogP contribution in [0.25, 0.3) is 0 Å². The van der Waals surface area contributed by atoms with Crippen molar-refractivity contribution in [2.24, 2.45) is 0 Å². The van der Waals surface area contributed by atoms with E-state index in [9.17, 15) is 0 Å². The summed E-state index contributed by atoms with van der Waals surface area (Å²) in [7, 11) is 0. The lowest BCUT2D eigenvalue weighted by Crippen LogP contribution is -2.22. The van der Waals surface area contributed by atoms with Gasteiger partial charge in [-0.3, -0.25) is 0 Å². The number of hydrogen-bond acceptors (Lipinski definition) is 2. The first-order valence-corrected chi connectivity index (χ1v) is 5.61. The molecule has 0 radical (unpaired) electrons. The molecule has 0 fully saturated rings. The van der Waals surface area contributed by atoms with E-state index in [-0.39, 0.29) is 0 Å². The summed E-state index contributed by atoms with van der Waals surface area (Å²) >= 11 is 0. The molecule has 0 saturated heterocycles. The van der Waals surface area contributed by atoms with Gasteiger partial charge in [0.25, 0.3) is 0 Å². The van der Waals surface area contributed by atoms with Gasteiger partial charge < -0.3 is 10.3 Å². The molecule has 0 amide bonds. The van der Waals surface area contributed by atoms with Gasteiger partial charge in [-0.15, -0.1) is 0 Å². The molecule has 1 aliphatic rings. The zero-order chi connectivity index (χ0) is 11.1. The third-order valence-corrected chi connectivity index (χ3v) is 3.31. The van der Waals surface area contributed by atoms with Crippen LogP contribution in [0, 0.1) is 6.92 Å². The fraction of sp³-hybridized carbons (Fsp3) is 0.308. The molecule has 2 aromatic rings. The number of nitrogens with zero attached hydrogens (tertiary/aromatic N) is 2. The van der Waals surface area contributed by atoms with Gasteiger partial charge in [-0.05, 0) is 24.5 Å². The minimum atomic E-state index is 0.604. The highest BCUT2D eigenvalue weighted by atomic mass is 15.1.